The number of nitrogens with zero attached hydrogens (tertiary/aromatic N) is 2. The topological polar surface area (TPSA) is 87.2 Å². The number of ether oxygens (including phenoxy) is 1. The number of rotatable bonds is 7. The van der Waals surface area contributed by atoms with Crippen LogP contribution in [0.1, 0.15) is 6.92 Å². The summed E-state index contributed by atoms with van der Waals surface area (Å²) in [6.07, 6.45) is 0. The Balaban J connectivity index is 2.17. The van der Waals surface area contributed by atoms with Crippen molar-refractivity contribution in [1.82, 2.24) is 9.55 Å². The average molecular weight is 407 g/mol. The van der Waals surface area contributed by atoms with Crippen LogP contribution in [0.2, 0.25) is 0 Å². The molecule has 142 valence electrons. The first-order valence-electron chi connectivity index (χ1n) is 8.15. The zero-order valence-corrected chi connectivity index (χ0v) is 16.4. The van der Waals surface area contributed by atoms with E-state index in [0.717, 1.165) is 17.3 Å². The average Bonchev–Trinajstić information content (AvgIpc) is 3.06. The maximum Gasteiger partial charge on any atom is 0.263 e. The van der Waals surface area contributed by atoms with Gasteiger partial charge in [-0.25, -0.2) is 9.37 Å². The highest BCUT2D eigenvalue weighted by Gasteiger charge is 2.20. The highest BCUT2D eigenvalue weighted by molar-refractivity contribution is 8.00. The van der Waals surface area contributed by atoms with Crippen molar-refractivity contribution in [2.75, 3.05) is 13.7 Å². The number of methoxy groups -OCH3 is 1. The molecule has 0 saturated heterocycles. The summed E-state index contributed by atoms with van der Waals surface area (Å²) >= 11 is 2.47. The Bertz CT molecular complexity index is 1030. The van der Waals surface area contributed by atoms with Gasteiger partial charge in [-0.3, -0.25) is 14.2 Å². The van der Waals surface area contributed by atoms with Crippen LogP contribution in [0.15, 0.2) is 39.6 Å². The van der Waals surface area contributed by atoms with Crippen LogP contribution in [-0.4, -0.2) is 34.4 Å². The molecule has 0 bridgehead atoms. The van der Waals surface area contributed by atoms with Gasteiger partial charge in [0.25, 0.3) is 5.56 Å². The van der Waals surface area contributed by atoms with E-state index in [1.807, 2.05) is 5.38 Å². The Hall–Kier alpha value is -2.23. The van der Waals surface area contributed by atoms with Crippen molar-refractivity contribution in [1.29, 1.82) is 0 Å². The summed E-state index contributed by atoms with van der Waals surface area (Å²) in [5, 5.41) is 2.20. The summed E-state index contributed by atoms with van der Waals surface area (Å²) < 4.78 is 19.8. The largest absolute Gasteiger partial charge is 0.383 e. The molecule has 1 aromatic carbocycles. The van der Waals surface area contributed by atoms with Crippen LogP contribution in [0.5, 0.6) is 0 Å². The van der Waals surface area contributed by atoms with Crippen molar-refractivity contribution in [3.8, 4) is 11.1 Å². The molecule has 9 heteroatoms. The number of carbonyl (C=O) groups excluding carboxylic acids is 1. The molecule has 0 radical (unpaired) electrons. The van der Waals surface area contributed by atoms with E-state index in [2.05, 4.69) is 4.98 Å². The lowest BCUT2D eigenvalue weighted by Gasteiger charge is -2.14. The van der Waals surface area contributed by atoms with Gasteiger partial charge in [0.15, 0.2) is 5.16 Å². The SMILES string of the molecule is COCCn1c(S[C@@H](C)C(N)=O)nc2scc(-c3ccc(F)cc3)c2c1=O. The molecule has 2 N–H and O–H groups in total. The number of hydrogen-bond acceptors (Lipinski definition) is 6. The molecule has 3 aromatic rings. The van der Waals surface area contributed by atoms with Gasteiger partial charge in [-0.15, -0.1) is 11.3 Å². The predicted molar refractivity (Wildman–Crippen MR) is 106 cm³/mol. The van der Waals surface area contributed by atoms with Crippen molar-refractivity contribution in [2.45, 2.75) is 23.9 Å². The third-order valence-corrected chi connectivity index (χ3v) is 6.00. The second kappa shape index (κ2) is 8.20. The first-order chi connectivity index (χ1) is 12.9. The number of carbonyl (C=O) groups is 1. The molecule has 6 nitrogen and oxygen atoms in total. The molecule has 0 aliphatic heterocycles. The Labute approximate surface area is 163 Å². The standard InChI is InChI=1S/C18H18FN3O3S2/c1-10(15(20)23)27-18-21-16-14(17(24)22(18)7-8-25-2)13(9-26-16)11-3-5-12(19)6-4-11/h3-6,9-10H,7-8H2,1-2H3,(H2,20,23)/t10-/m0/s1. The lowest BCUT2D eigenvalue weighted by molar-refractivity contribution is -0.117. The van der Waals surface area contributed by atoms with Gasteiger partial charge in [0.2, 0.25) is 5.91 Å². The molecule has 0 saturated carbocycles. The van der Waals surface area contributed by atoms with Crippen molar-refractivity contribution in [2.24, 2.45) is 5.73 Å². The summed E-state index contributed by atoms with van der Waals surface area (Å²) in [5.41, 5.74) is 6.57. The molecule has 1 amide bonds. The Kier molecular flexibility index (Phi) is 5.93. The fourth-order valence-electron chi connectivity index (χ4n) is 2.53. The lowest BCUT2D eigenvalue weighted by atomic mass is 10.1. The highest BCUT2D eigenvalue weighted by atomic mass is 32.2. The summed E-state index contributed by atoms with van der Waals surface area (Å²) in [4.78, 5) is 29.8. The van der Waals surface area contributed by atoms with Gasteiger partial charge in [0.1, 0.15) is 10.6 Å². The molecule has 0 spiro atoms. The van der Waals surface area contributed by atoms with Crippen molar-refractivity contribution >= 4 is 39.2 Å². The molecule has 0 aliphatic rings. The maximum atomic E-state index is 13.2. The normalized spacial score (nSPS) is 12.4. The van der Waals surface area contributed by atoms with Gasteiger partial charge in [0.05, 0.1) is 23.8 Å². The third kappa shape index (κ3) is 4.05. The molecular formula is C18H18FN3O3S2. The fourth-order valence-corrected chi connectivity index (χ4v) is 4.41. The van der Waals surface area contributed by atoms with Crippen LogP contribution < -0.4 is 11.3 Å². The first-order valence-corrected chi connectivity index (χ1v) is 9.91. The van der Waals surface area contributed by atoms with Crippen LogP contribution in [0, 0.1) is 5.82 Å². The summed E-state index contributed by atoms with van der Waals surface area (Å²) in [7, 11) is 1.55. The maximum absolute atomic E-state index is 13.2. The van der Waals surface area contributed by atoms with E-state index in [0.29, 0.717) is 34.1 Å². The van der Waals surface area contributed by atoms with E-state index in [4.69, 9.17) is 10.5 Å². The van der Waals surface area contributed by atoms with Gasteiger partial charge in [-0.05, 0) is 24.6 Å². The monoisotopic (exact) mass is 407 g/mol. The lowest BCUT2D eigenvalue weighted by Crippen LogP contribution is -2.28. The molecule has 0 unspecified atom stereocenters. The molecule has 27 heavy (non-hydrogen) atoms. The number of halogens is 1. The Morgan fingerprint density at radius 3 is 2.74 bits per heavy atom. The van der Waals surface area contributed by atoms with Crippen LogP contribution in [0.3, 0.4) is 0 Å². The second-order valence-corrected chi connectivity index (χ2v) is 8.01. The molecular weight excluding hydrogens is 389 g/mol. The van der Waals surface area contributed by atoms with E-state index in [1.54, 1.807) is 26.2 Å². The van der Waals surface area contributed by atoms with Gasteiger partial charge >= 0.3 is 0 Å². The number of fused-ring (bicyclic) bond motifs is 1. The van der Waals surface area contributed by atoms with E-state index >= 15 is 0 Å². The number of thiophene rings is 1. The van der Waals surface area contributed by atoms with E-state index in [9.17, 15) is 14.0 Å². The summed E-state index contributed by atoms with van der Waals surface area (Å²) in [6, 6.07) is 5.98. The van der Waals surface area contributed by atoms with Gasteiger partial charge < -0.3 is 10.5 Å². The van der Waals surface area contributed by atoms with E-state index < -0.39 is 11.2 Å². The minimum Gasteiger partial charge on any atom is -0.383 e. The summed E-state index contributed by atoms with van der Waals surface area (Å²) in [6.45, 7) is 2.29. The molecule has 1 atom stereocenters. The minimum atomic E-state index is -0.528. The molecule has 3 rings (SSSR count). The molecule has 2 aromatic heterocycles. The number of nitrogens with two attached hydrogens (primary N) is 1. The first kappa shape index (κ1) is 19.5. The van der Waals surface area contributed by atoms with Crippen molar-refractivity contribution in [3.05, 3.63) is 45.8 Å². The van der Waals surface area contributed by atoms with Gasteiger partial charge in [-0.1, -0.05) is 23.9 Å². The number of benzene rings is 1. The molecule has 0 aliphatic carbocycles. The number of amides is 1. The van der Waals surface area contributed by atoms with E-state index in [-0.39, 0.29) is 11.4 Å². The Morgan fingerprint density at radius 1 is 1.41 bits per heavy atom. The predicted octanol–water partition coefficient (Wildman–Crippen LogP) is 2.88. The number of thioether (sulfide) groups is 1. The summed E-state index contributed by atoms with van der Waals surface area (Å²) in [5.74, 6) is -0.821. The Morgan fingerprint density at radius 2 is 2.11 bits per heavy atom. The van der Waals surface area contributed by atoms with Gasteiger partial charge in [-0.2, -0.15) is 0 Å². The van der Waals surface area contributed by atoms with Crippen LogP contribution in [0.4, 0.5) is 4.39 Å². The smallest absolute Gasteiger partial charge is 0.263 e. The van der Waals surface area contributed by atoms with Crippen LogP contribution in [0.25, 0.3) is 21.3 Å². The third-order valence-electron chi connectivity index (χ3n) is 4.02. The number of hydrogen-bond donors (Lipinski definition) is 1. The second-order valence-electron chi connectivity index (χ2n) is 5.84. The number of primary amides is 1. The van der Waals surface area contributed by atoms with Crippen molar-refractivity contribution in [3.63, 3.8) is 0 Å². The quantitative estimate of drug-likeness (QED) is 0.481. The molecule has 0 fully saturated rings. The highest BCUT2D eigenvalue weighted by Crippen LogP contribution is 2.33. The van der Waals surface area contributed by atoms with E-state index in [1.165, 1.54) is 28.0 Å². The number of aromatic nitrogens is 2. The zero-order chi connectivity index (χ0) is 19.6. The minimum absolute atomic E-state index is 0.225. The van der Waals surface area contributed by atoms with Crippen LogP contribution >= 0.6 is 23.1 Å². The molecule has 2 heterocycles. The fraction of sp³-hybridized carbons (Fsp3) is 0.278. The van der Waals surface area contributed by atoms with Crippen LogP contribution in [-0.2, 0) is 16.1 Å². The van der Waals surface area contributed by atoms with Gasteiger partial charge in [0, 0.05) is 18.1 Å². The van der Waals surface area contributed by atoms with Crippen molar-refractivity contribution < 1.29 is 13.9 Å². The zero-order valence-electron chi connectivity index (χ0n) is 14.8.